The van der Waals surface area contributed by atoms with Crippen molar-refractivity contribution in [3.8, 4) is 0 Å². The van der Waals surface area contributed by atoms with Crippen molar-refractivity contribution in [1.29, 1.82) is 0 Å². The van der Waals surface area contributed by atoms with E-state index < -0.39 is 0 Å². The van der Waals surface area contributed by atoms with Crippen LogP contribution in [0.15, 0.2) is 18.5 Å². The number of nitrogens with one attached hydrogen (secondary N) is 1. The third-order valence-electron chi connectivity index (χ3n) is 6.00. The summed E-state index contributed by atoms with van der Waals surface area (Å²) in [6.07, 6.45) is 13.0. The summed E-state index contributed by atoms with van der Waals surface area (Å²) in [6, 6.07) is 2.08. The van der Waals surface area contributed by atoms with E-state index >= 15 is 0 Å². The molecule has 3 heterocycles. The molecule has 1 aliphatic carbocycles. The van der Waals surface area contributed by atoms with Crippen LogP contribution in [-0.4, -0.2) is 32.7 Å². The molecule has 4 rings (SSSR count). The highest BCUT2D eigenvalue weighted by Crippen LogP contribution is 2.37. The molecule has 1 N–H and O–H groups in total. The van der Waals surface area contributed by atoms with Gasteiger partial charge in [-0.25, -0.2) is 0 Å². The zero-order chi connectivity index (χ0) is 17.9. The number of ether oxygens (including phenoxy) is 1. The van der Waals surface area contributed by atoms with Crippen molar-refractivity contribution in [2.24, 2.45) is 20.0 Å². The van der Waals surface area contributed by atoms with E-state index in [1.165, 1.54) is 55.6 Å². The maximum absolute atomic E-state index is 6.13. The van der Waals surface area contributed by atoms with Gasteiger partial charge in [-0.15, -0.1) is 0 Å². The topological polar surface area (TPSA) is 56.9 Å². The molecule has 2 fully saturated rings. The van der Waals surface area contributed by atoms with Gasteiger partial charge in [0.2, 0.25) is 0 Å². The molecule has 1 aliphatic heterocycles. The van der Waals surface area contributed by atoms with Crippen molar-refractivity contribution in [1.82, 2.24) is 19.6 Å². The fourth-order valence-corrected chi connectivity index (χ4v) is 4.60. The van der Waals surface area contributed by atoms with Crippen molar-refractivity contribution < 1.29 is 4.74 Å². The number of rotatable bonds is 5. The minimum atomic E-state index is 0.124. The van der Waals surface area contributed by atoms with Crippen LogP contribution in [0.1, 0.15) is 68.4 Å². The molecule has 26 heavy (non-hydrogen) atoms. The lowest BCUT2D eigenvalue weighted by Crippen LogP contribution is -2.29. The first-order valence-corrected chi connectivity index (χ1v) is 10.1. The molecule has 0 aromatic carbocycles. The van der Waals surface area contributed by atoms with Crippen LogP contribution >= 0.6 is 0 Å². The Balaban J connectivity index is 1.47. The van der Waals surface area contributed by atoms with Crippen LogP contribution in [0, 0.1) is 5.92 Å². The van der Waals surface area contributed by atoms with Crippen LogP contribution < -0.4 is 5.32 Å². The van der Waals surface area contributed by atoms with E-state index in [4.69, 9.17) is 9.84 Å². The molecule has 6 nitrogen and oxygen atoms in total. The van der Waals surface area contributed by atoms with Gasteiger partial charge in [0.05, 0.1) is 17.1 Å². The summed E-state index contributed by atoms with van der Waals surface area (Å²) in [7, 11) is 4.03. The molecule has 1 saturated heterocycles. The standard InChI is InChI=1S/C20H31N5O/c1-24-14-17(19(23-24)15-7-4-3-5-8-15)21-13-16-9-6-12-26-20(16)18-10-11-22-25(18)2/h10-11,14-16,20-21H,3-9,12-13H2,1-2H3/t16-,20+/m0/s1. The molecule has 2 aromatic rings. The highest BCUT2D eigenvalue weighted by molar-refractivity contribution is 5.48. The summed E-state index contributed by atoms with van der Waals surface area (Å²) >= 11 is 0. The van der Waals surface area contributed by atoms with Gasteiger partial charge in [-0.3, -0.25) is 9.36 Å². The van der Waals surface area contributed by atoms with E-state index in [2.05, 4.69) is 22.7 Å². The summed E-state index contributed by atoms with van der Waals surface area (Å²) in [5, 5.41) is 12.8. The second-order valence-electron chi connectivity index (χ2n) is 7.89. The molecule has 1 saturated carbocycles. The number of hydrogen-bond donors (Lipinski definition) is 1. The van der Waals surface area contributed by atoms with E-state index in [1.807, 2.05) is 29.7 Å². The Morgan fingerprint density at radius 1 is 1.15 bits per heavy atom. The highest BCUT2D eigenvalue weighted by Gasteiger charge is 2.30. The molecule has 6 heteroatoms. The van der Waals surface area contributed by atoms with Crippen LogP contribution in [0.25, 0.3) is 0 Å². The minimum absolute atomic E-state index is 0.124. The van der Waals surface area contributed by atoms with Gasteiger partial charge in [0.1, 0.15) is 6.10 Å². The molecule has 2 atom stereocenters. The second-order valence-corrected chi connectivity index (χ2v) is 7.89. The smallest absolute Gasteiger partial charge is 0.104 e. The normalized spacial score (nSPS) is 24.7. The molecule has 0 bridgehead atoms. The molecule has 2 aliphatic rings. The fraction of sp³-hybridized carbons (Fsp3) is 0.700. The molecule has 0 spiro atoms. The SMILES string of the molecule is Cn1cc(NC[C@@H]2CCCO[C@H]2c2ccnn2C)c(C2CCCCC2)n1. The van der Waals surface area contributed by atoms with Gasteiger partial charge in [0.15, 0.2) is 0 Å². The Bertz CT molecular complexity index is 716. The third-order valence-corrected chi connectivity index (χ3v) is 6.00. The van der Waals surface area contributed by atoms with E-state index in [-0.39, 0.29) is 6.10 Å². The van der Waals surface area contributed by atoms with E-state index in [0.29, 0.717) is 11.8 Å². The summed E-state index contributed by atoms with van der Waals surface area (Å²) < 4.78 is 10.0. The van der Waals surface area contributed by atoms with Crippen LogP contribution in [0.4, 0.5) is 5.69 Å². The fourth-order valence-electron chi connectivity index (χ4n) is 4.60. The average molecular weight is 358 g/mol. The predicted octanol–water partition coefficient (Wildman–Crippen LogP) is 3.78. The lowest BCUT2D eigenvalue weighted by atomic mass is 9.86. The Labute approximate surface area is 155 Å². The number of hydrogen-bond acceptors (Lipinski definition) is 4. The van der Waals surface area contributed by atoms with Gasteiger partial charge in [-0.2, -0.15) is 10.2 Å². The first-order chi connectivity index (χ1) is 12.7. The van der Waals surface area contributed by atoms with Crippen molar-refractivity contribution >= 4 is 5.69 Å². The van der Waals surface area contributed by atoms with Crippen LogP contribution in [0.5, 0.6) is 0 Å². The number of aryl methyl sites for hydroxylation is 2. The molecule has 2 aromatic heterocycles. The van der Waals surface area contributed by atoms with Gasteiger partial charge in [-0.05, 0) is 31.7 Å². The first-order valence-electron chi connectivity index (χ1n) is 10.1. The van der Waals surface area contributed by atoms with Crippen molar-refractivity contribution in [2.75, 3.05) is 18.5 Å². The Hall–Kier alpha value is -1.82. The lowest BCUT2D eigenvalue weighted by Gasteiger charge is -2.32. The van der Waals surface area contributed by atoms with Crippen molar-refractivity contribution in [2.45, 2.75) is 57.0 Å². The van der Waals surface area contributed by atoms with Gasteiger partial charge in [-0.1, -0.05) is 19.3 Å². The Kier molecular flexibility index (Phi) is 5.29. The molecular weight excluding hydrogens is 326 g/mol. The lowest BCUT2D eigenvalue weighted by molar-refractivity contribution is -0.0284. The van der Waals surface area contributed by atoms with E-state index in [9.17, 15) is 0 Å². The number of nitrogens with zero attached hydrogens (tertiary/aromatic N) is 4. The highest BCUT2D eigenvalue weighted by atomic mass is 16.5. The minimum Gasteiger partial charge on any atom is -0.382 e. The zero-order valence-electron chi connectivity index (χ0n) is 16.0. The molecule has 142 valence electrons. The van der Waals surface area contributed by atoms with E-state index in [1.54, 1.807) is 0 Å². The van der Waals surface area contributed by atoms with Gasteiger partial charge >= 0.3 is 0 Å². The molecule has 0 amide bonds. The molecule has 0 radical (unpaired) electrons. The summed E-state index contributed by atoms with van der Waals surface area (Å²) in [4.78, 5) is 0. The molecular formula is C20H31N5O. The monoisotopic (exact) mass is 357 g/mol. The maximum Gasteiger partial charge on any atom is 0.104 e. The number of anilines is 1. The van der Waals surface area contributed by atoms with Crippen molar-refractivity contribution in [3.05, 3.63) is 29.8 Å². The Morgan fingerprint density at radius 3 is 2.77 bits per heavy atom. The van der Waals surface area contributed by atoms with Crippen molar-refractivity contribution in [3.63, 3.8) is 0 Å². The largest absolute Gasteiger partial charge is 0.382 e. The zero-order valence-corrected chi connectivity index (χ0v) is 16.0. The average Bonchev–Trinajstić information content (AvgIpc) is 3.26. The van der Waals surface area contributed by atoms with E-state index in [0.717, 1.165) is 19.6 Å². The quantitative estimate of drug-likeness (QED) is 0.885. The third kappa shape index (κ3) is 3.65. The second kappa shape index (κ2) is 7.82. The molecule has 0 unspecified atom stereocenters. The maximum atomic E-state index is 6.13. The van der Waals surface area contributed by atoms with Gasteiger partial charge in [0, 0.05) is 51.5 Å². The van der Waals surface area contributed by atoms with Gasteiger partial charge < -0.3 is 10.1 Å². The summed E-state index contributed by atoms with van der Waals surface area (Å²) in [5.41, 5.74) is 3.66. The number of aromatic nitrogens is 4. The van der Waals surface area contributed by atoms with Crippen LogP contribution in [0.2, 0.25) is 0 Å². The summed E-state index contributed by atoms with van der Waals surface area (Å²) in [5.74, 6) is 1.07. The van der Waals surface area contributed by atoms with Crippen LogP contribution in [0.3, 0.4) is 0 Å². The Morgan fingerprint density at radius 2 is 2.00 bits per heavy atom. The predicted molar refractivity (Wildman–Crippen MR) is 102 cm³/mol. The van der Waals surface area contributed by atoms with Gasteiger partial charge in [0.25, 0.3) is 0 Å². The van der Waals surface area contributed by atoms with Crippen LogP contribution in [-0.2, 0) is 18.8 Å². The summed E-state index contributed by atoms with van der Waals surface area (Å²) in [6.45, 7) is 1.76. The first kappa shape index (κ1) is 17.6.